The van der Waals surface area contributed by atoms with Crippen LogP contribution in [0.2, 0.25) is 0 Å². The van der Waals surface area contributed by atoms with E-state index in [1.807, 2.05) is 0 Å². The van der Waals surface area contributed by atoms with Crippen LogP contribution >= 0.6 is 0 Å². The van der Waals surface area contributed by atoms with Gasteiger partial charge in [-0.05, 0) is 25.1 Å². The molecule has 1 rings (SSSR count). The summed E-state index contributed by atoms with van der Waals surface area (Å²) in [6, 6.07) is 6.62. The predicted molar refractivity (Wildman–Crippen MR) is 63.1 cm³/mol. The van der Waals surface area contributed by atoms with Crippen LogP contribution in [-0.2, 0) is 9.53 Å². The number of hydrogen-bond acceptors (Lipinski definition) is 3. The van der Waals surface area contributed by atoms with Crippen molar-refractivity contribution in [3.63, 3.8) is 0 Å². The molecule has 2 N–H and O–H groups in total. The molecule has 0 saturated heterocycles. The van der Waals surface area contributed by atoms with E-state index in [0.29, 0.717) is 17.7 Å². The van der Waals surface area contributed by atoms with Crippen molar-refractivity contribution in [2.75, 3.05) is 6.61 Å². The quantitative estimate of drug-likeness (QED) is 0.625. The molecule has 4 heteroatoms. The molecule has 1 amide bonds. The van der Waals surface area contributed by atoms with Crippen LogP contribution in [0.3, 0.4) is 0 Å². The fraction of sp³-hybridized carbons (Fsp3) is 0.231. The Balaban J connectivity index is 2.69. The van der Waals surface area contributed by atoms with Crippen LogP contribution in [0.1, 0.15) is 29.3 Å². The molecule has 17 heavy (non-hydrogen) atoms. The van der Waals surface area contributed by atoms with Gasteiger partial charge in [-0.15, -0.1) is 0 Å². The first-order valence-electron chi connectivity index (χ1n) is 5.18. The van der Waals surface area contributed by atoms with Gasteiger partial charge >= 0.3 is 5.97 Å². The Hall–Kier alpha value is -2.28. The minimum atomic E-state index is -0.501. The van der Waals surface area contributed by atoms with Crippen LogP contribution in [0.15, 0.2) is 24.3 Å². The standard InChI is InChI=1S/C13H13NO3/c1-2-17-12(15)8-4-6-10-5-3-7-11(9-10)13(14)16/h3,5,7,9H,2,8H2,1H3,(H2,14,16). The number of carbonyl (C=O) groups is 2. The summed E-state index contributed by atoms with van der Waals surface area (Å²) in [5, 5.41) is 0. The van der Waals surface area contributed by atoms with Crippen LogP contribution in [0.4, 0.5) is 0 Å². The van der Waals surface area contributed by atoms with E-state index < -0.39 is 5.91 Å². The van der Waals surface area contributed by atoms with Gasteiger partial charge in [-0.1, -0.05) is 17.9 Å². The minimum Gasteiger partial charge on any atom is -0.465 e. The molecular formula is C13H13NO3. The molecule has 88 valence electrons. The highest BCUT2D eigenvalue weighted by atomic mass is 16.5. The van der Waals surface area contributed by atoms with Crippen molar-refractivity contribution in [3.05, 3.63) is 35.4 Å². The Bertz CT molecular complexity index is 483. The number of carbonyl (C=O) groups excluding carboxylic acids is 2. The van der Waals surface area contributed by atoms with Gasteiger partial charge in [-0.25, -0.2) is 0 Å². The number of esters is 1. The fourth-order valence-corrected chi connectivity index (χ4v) is 1.18. The molecular weight excluding hydrogens is 218 g/mol. The summed E-state index contributed by atoms with van der Waals surface area (Å²) < 4.78 is 4.73. The monoisotopic (exact) mass is 231 g/mol. The van der Waals surface area contributed by atoms with Crippen LogP contribution in [0, 0.1) is 11.8 Å². The molecule has 0 aliphatic rings. The minimum absolute atomic E-state index is 0.0363. The second-order valence-electron chi connectivity index (χ2n) is 3.23. The molecule has 0 bridgehead atoms. The molecule has 1 aromatic rings. The van der Waals surface area contributed by atoms with E-state index in [0.717, 1.165) is 0 Å². The van der Waals surface area contributed by atoms with Crippen LogP contribution in [-0.4, -0.2) is 18.5 Å². The summed E-state index contributed by atoms with van der Waals surface area (Å²) in [6.07, 6.45) is 0.0363. The average molecular weight is 231 g/mol. The maximum absolute atomic E-state index is 11.0. The summed E-state index contributed by atoms with van der Waals surface area (Å²) >= 11 is 0. The zero-order valence-corrected chi connectivity index (χ0v) is 9.53. The van der Waals surface area contributed by atoms with Crippen molar-refractivity contribution in [2.24, 2.45) is 5.73 Å². The number of amides is 1. The van der Waals surface area contributed by atoms with Crippen molar-refractivity contribution in [3.8, 4) is 11.8 Å². The van der Waals surface area contributed by atoms with Crippen LogP contribution in [0.5, 0.6) is 0 Å². The lowest BCUT2D eigenvalue weighted by Crippen LogP contribution is -2.10. The van der Waals surface area contributed by atoms with Gasteiger partial charge < -0.3 is 10.5 Å². The van der Waals surface area contributed by atoms with E-state index in [4.69, 9.17) is 10.5 Å². The molecule has 0 atom stereocenters. The van der Waals surface area contributed by atoms with Crippen molar-refractivity contribution < 1.29 is 14.3 Å². The first kappa shape index (κ1) is 12.8. The molecule has 0 radical (unpaired) electrons. The Morgan fingerprint density at radius 2 is 2.18 bits per heavy atom. The maximum Gasteiger partial charge on any atom is 0.317 e. The maximum atomic E-state index is 11.0. The molecule has 0 unspecified atom stereocenters. The molecule has 0 saturated carbocycles. The first-order chi connectivity index (χ1) is 8.13. The lowest BCUT2D eigenvalue weighted by atomic mass is 10.1. The van der Waals surface area contributed by atoms with Crippen molar-refractivity contribution >= 4 is 11.9 Å². The Morgan fingerprint density at radius 1 is 1.41 bits per heavy atom. The molecule has 0 aliphatic heterocycles. The fourth-order valence-electron chi connectivity index (χ4n) is 1.18. The topological polar surface area (TPSA) is 69.4 Å². The highest BCUT2D eigenvalue weighted by Gasteiger charge is 1.99. The van der Waals surface area contributed by atoms with Gasteiger partial charge in [-0.2, -0.15) is 0 Å². The normalized spacial score (nSPS) is 9.00. The van der Waals surface area contributed by atoms with Gasteiger partial charge in [0.25, 0.3) is 0 Å². The smallest absolute Gasteiger partial charge is 0.317 e. The SMILES string of the molecule is CCOC(=O)CC#Cc1cccc(C(N)=O)c1. The Labute approximate surface area is 99.8 Å². The summed E-state index contributed by atoms with van der Waals surface area (Å²) in [5.74, 6) is 4.59. The number of ether oxygens (including phenoxy) is 1. The second-order valence-corrected chi connectivity index (χ2v) is 3.23. The third-order valence-corrected chi connectivity index (χ3v) is 1.92. The van der Waals surface area contributed by atoms with E-state index in [2.05, 4.69) is 11.8 Å². The molecule has 1 aromatic carbocycles. The molecule has 4 nitrogen and oxygen atoms in total. The van der Waals surface area contributed by atoms with Gasteiger partial charge in [0.2, 0.25) is 5.91 Å². The van der Waals surface area contributed by atoms with E-state index >= 15 is 0 Å². The van der Waals surface area contributed by atoms with Gasteiger partial charge in [0, 0.05) is 11.1 Å². The summed E-state index contributed by atoms with van der Waals surface area (Å²) in [4.78, 5) is 21.9. The Morgan fingerprint density at radius 3 is 2.82 bits per heavy atom. The molecule has 0 heterocycles. The predicted octanol–water partition coefficient (Wildman–Crippen LogP) is 1.09. The number of benzene rings is 1. The average Bonchev–Trinajstić information content (AvgIpc) is 2.30. The van der Waals surface area contributed by atoms with Gasteiger partial charge in [0.1, 0.15) is 6.42 Å². The zero-order chi connectivity index (χ0) is 12.7. The van der Waals surface area contributed by atoms with Gasteiger partial charge in [0.05, 0.1) is 6.61 Å². The number of primary amides is 1. The summed E-state index contributed by atoms with van der Waals surface area (Å²) in [7, 11) is 0. The molecule has 0 aliphatic carbocycles. The molecule has 0 spiro atoms. The third kappa shape index (κ3) is 4.39. The highest BCUT2D eigenvalue weighted by molar-refractivity contribution is 5.93. The lowest BCUT2D eigenvalue weighted by molar-refractivity contribution is -0.141. The number of hydrogen-bond donors (Lipinski definition) is 1. The lowest BCUT2D eigenvalue weighted by Gasteiger charge is -1.96. The second kappa shape index (κ2) is 6.33. The van der Waals surface area contributed by atoms with Gasteiger partial charge in [-0.3, -0.25) is 9.59 Å². The third-order valence-electron chi connectivity index (χ3n) is 1.92. The largest absolute Gasteiger partial charge is 0.465 e. The van der Waals surface area contributed by atoms with E-state index in [9.17, 15) is 9.59 Å². The van der Waals surface area contributed by atoms with Crippen molar-refractivity contribution in [2.45, 2.75) is 13.3 Å². The Kier molecular flexibility index (Phi) is 4.77. The molecule has 0 aromatic heterocycles. The number of rotatable bonds is 3. The van der Waals surface area contributed by atoms with E-state index in [-0.39, 0.29) is 12.4 Å². The summed E-state index contributed by atoms with van der Waals surface area (Å²) in [6.45, 7) is 2.08. The van der Waals surface area contributed by atoms with E-state index in [1.54, 1.807) is 31.2 Å². The molecule has 0 fully saturated rings. The zero-order valence-electron chi connectivity index (χ0n) is 9.53. The van der Waals surface area contributed by atoms with Gasteiger partial charge in [0.15, 0.2) is 0 Å². The summed E-state index contributed by atoms with van der Waals surface area (Å²) in [5.41, 5.74) is 6.18. The van der Waals surface area contributed by atoms with E-state index in [1.165, 1.54) is 0 Å². The highest BCUT2D eigenvalue weighted by Crippen LogP contribution is 2.03. The van der Waals surface area contributed by atoms with Crippen LogP contribution < -0.4 is 5.73 Å². The van der Waals surface area contributed by atoms with Crippen molar-refractivity contribution in [1.29, 1.82) is 0 Å². The first-order valence-corrected chi connectivity index (χ1v) is 5.18. The number of nitrogens with two attached hydrogens (primary N) is 1. The van der Waals surface area contributed by atoms with Crippen molar-refractivity contribution in [1.82, 2.24) is 0 Å². The van der Waals surface area contributed by atoms with Crippen LogP contribution in [0.25, 0.3) is 0 Å².